The summed E-state index contributed by atoms with van der Waals surface area (Å²) in [4.78, 5) is 20.3. The van der Waals surface area contributed by atoms with Crippen LogP contribution in [0.5, 0.6) is 0 Å². The van der Waals surface area contributed by atoms with E-state index in [9.17, 15) is 4.79 Å². The summed E-state index contributed by atoms with van der Waals surface area (Å²) < 4.78 is 0. The number of rotatable bonds is 7. The van der Waals surface area contributed by atoms with E-state index in [0.717, 1.165) is 53.3 Å². The molecule has 1 heterocycles. The van der Waals surface area contributed by atoms with Crippen LogP contribution in [0.1, 0.15) is 24.0 Å². The summed E-state index contributed by atoms with van der Waals surface area (Å²) in [6.07, 6.45) is 2.72. The van der Waals surface area contributed by atoms with Gasteiger partial charge in [-0.05, 0) is 68.1 Å². The quantitative estimate of drug-likeness (QED) is 0.678. The van der Waals surface area contributed by atoms with Crippen LogP contribution in [-0.2, 0) is 6.54 Å². The van der Waals surface area contributed by atoms with Gasteiger partial charge in [0.25, 0.3) is 5.56 Å². The van der Waals surface area contributed by atoms with Gasteiger partial charge in [-0.15, -0.1) is 0 Å². The van der Waals surface area contributed by atoms with E-state index in [2.05, 4.69) is 59.2 Å². The number of hydrogen-bond acceptors (Lipinski definition) is 3. The Labute approximate surface area is 166 Å². The highest BCUT2D eigenvalue weighted by Gasteiger charge is 2.25. The fourth-order valence-corrected chi connectivity index (χ4v) is 3.80. The normalized spacial score (nSPS) is 14.3. The summed E-state index contributed by atoms with van der Waals surface area (Å²) >= 11 is 0. The van der Waals surface area contributed by atoms with Crippen LogP contribution in [0, 0.1) is 6.92 Å². The fraction of sp³-hybridized carbons (Fsp3) is 0.375. The van der Waals surface area contributed by atoms with Crippen molar-refractivity contribution in [2.45, 2.75) is 32.4 Å². The molecule has 1 saturated carbocycles. The number of aromatic nitrogens is 1. The van der Waals surface area contributed by atoms with E-state index in [1.165, 1.54) is 18.4 Å². The highest BCUT2D eigenvalue weighted by atomic mass is 16.1. The molecule has 28 heavy (non-hydrogen) atoms. The Bertz CT molecular complexity index is 1020. The van der Waals surface area contributed by atoms with Crippen molar-refractivity contribution >= 4 is 10.8 Å². The number of H-pyrrole nitrogens is 1. The molecule has 1 aromatic heterocycles. The predicted molar refractivity (Wildman–Crippen MR) is 117 cm³/mol. The molecule has 1 aliphatic carbocycles. The number of aromatic amines is 1. The van der Waals surface area contributed by atoms with Crippen LogP contribution in [0.4, 0.5) is 0 Å². The average Bonchev–Trinajstić information content (AvgIpc) is 3.53. The number of nitrogens with zero attached hydrogens (tertiary/aromatic N) is 2. The summed E-state index contributed by atoms with van der Waals surface area (Å²) in [6, 6.07) is 17.3. The van der Waals surface area contributed by atoms with Crippen molar-refractivity contribution in [3.8, 4) is 11.3 Å². The standard InChI is InChI=1S/C24H29N3O/c1-17-5-4-6-21-22(17)15-23(25-24(21)28)19-9-7-18(8-10-19)16-26(2)13-14-27(3)20-11-12-20/h4-10,15,20H,11-14,16H2,1-3H3,(H,25,28). The first-order chi connectivity index (χ1) is 13.5. The second-order valence-electron chi connectivity index (χ2n) is 8.19. The molecule has 1 fully saturated rings. The number of nitrogens with one attached hydrogen (secondary N) is 1. The smallest absolute Gasteiger partial charge is 0.256 e. The number of pyridine rings is 1. The van der Waals surface area contributed by atoms with Crippen molar-refractivity contribution in [1.82, 2.24) is 14.8 Å². The van der Waals surface area contributed by atoms with Crippen LogP contribution >= 0.6 is 0 Å². The fourth-order valence-electron chi connectivity index (χ4n) is 3.80. The molecule has 146 valence electrons. The van der Waals surface area contributed by atoms with Crippen molar-refractivity contribution in [1.29, 1.82) is 0 Å². The van der Waals surface area contributed by atoms with Gasteiger partial charge in [0.1, 0.15) is 0 Å². The van der Waals surface area contributed by atoms with E-state index in [-0.39, 0.29) is 5.56 Å². The Hall–Kier alpha value is -2.43. The van der Waals surface area contributed by atoms with Crippen LogP contribution in [0.25, 0.3) is 22.0 Å². The molecule has 1 aliphatic rings. The molecule has 4 heteroatoms. The summed E-state index contributed by atoms with van der Waals surface area (Å²) in [5.74, 6) is 0. The molecular weight excluding hydrogens is 346 g/mol. The molecule has 0 radical (unpaired) electrons. The average molecular weight is 376 g/mol. The van der Waals surface area contributed by atoms with Gasteiger partial charge in [-0.2, -0.15) is 0 Å². The Morgan fingerprint density at radius 1 is 1.00 bits per heavy atom. The Morgan fingerprint density at radius 3 is 2.46 bits per heavy atom. The predicted octanol–water partition coefficient (Wildman–Crippen LogP) is 4.03. The van der Waals surface area contributed by atoms with E-state index in [1.807, 2.05) is 25.1 Å². The summed E-state index contributed by atoms with van der Waals surface area (Å²) in [7, 11) is 4.41. The topological polar surface area (TPSA) is 39.3 Å². The number of benzene rings is 2. The zero-order chi connectivity index (χ0) is 19.7. The third-order valence-corrected chi connectivity index (χ3v) is 5.83. The summed E-state index contributed by atoms with van der Waals surface area (Å²) in [5, 5.41) is 1.77. The van der Waals surface area contributed by atoms with E-state index >= 15 is 0 Å². The maximum absolute atomic E-state index is 12.5. The lowest BCUT2D eigenvalue weighted by atomic mass is 10.0. The van der Waals surface area contributed by atoms with Gasteiger partial charge in [-0.3, -0.25) is 4.79 Å². The Kier molecular flexibility index (Phi) is 5.33. The maximum Gasteiger partial charge on any atom is 0.256 e. The van der Waals surface area contributed by atoms with Crippen LogP contribution in [0.2, 0.25) is 0 Å². The molecule has 0 aliphatic heterocycles. The number of likely N-dealkylation sites (N-methyl/N-ethyl adjacent to an activating group) is 2. The minimum Gasteiger partial charge on any atom is -0.321 e. The van der Waals surface area contributed by atoms with Gasteiger partial charge < -0.3 is 14.8 Å². The molecule has 3 aromatic rings. The highest BCUT2D eigenvalue weighted by Crippen LogP contribution is 2.25. The molecule has 0 bridgehead atoms. The van der Waals surface area contributed by atoms with Crippen molar-refractivity contribution < 1.29 is 0 Å². The van der Waals surface area contributed by atoms with Crippen molar-refractivity contribution in [3.63, 3.8) is 0 Å². The minimum absolute atomic E-state index is 0.0280. The van der Waals surface area contributed by atoms with Gasteiger partial charge in [-0.1, -0.05) is 36.4 Å². The molecule has 4 nitrogen and oxygen atoms in total. The third kappa shape index (κ3) is 4.18. The monoisotopic (exact) mass is 375 g/mol. The van der Waals surface area contributed by atoms with Crippen LogP contribution in [0.15, 0.2) is 53.3 Å². The Morgan fingerprint density at radius 2 is 1.75 bits per heavy atom. The minimum atomic E-state index is -0.0280. The zero-order valence-electron chi connectivity index (χ0n) is 17.0. The summed E-state index contributed by atoms with van der Waals surface area (Å²) in [6.45, 7) is 5.18. The first-order valence-corrected chi connectivity index (χ1v) is 10.1. The van der Waals surface area contributed by atoms with Crippen LogP contribution in [-0.4, -0.2) is 48.0 Å². The lowest BCUT2D eigenvalue weighted by molar-refractivity contribution is 0.246. The van der Waals surface area contributed by atoms with Gasteiger partial charge in [0.2, 0.25) is 0 Å². The zero-order valence-corrected chi connectivity index (χ0v) is 17.0. The third-order valence-electron chi connectivity index (χ3n) is 5.83. The Balaban J connectivity index is 1.46. The van der Waals surface area contributed by atoms with E-state index < -0.39 is 0 Å². The second kappa shape index (κ2) is 7.90. The first-order valence-electron chi connectivity index (χ1n) is 10.1. The van der Waals surface area contributed by atoms with Gasteiger partial charge in [0.05, 0.1) is 0 Å². The molecule has 1 N–H and O–H groups in total. The van der Waals surface area contributed by atoms with E-state index in [0.29, 0.717) is 0 Å². The molecule has 0 unspecified atom stereocenters. The largest absolute Gasteiger partial charge is 0.321 e. The van der Waals surface area contributed by atoms with Crippen molar-refractivity contribution in [3.05, 3.63) is 70.0 Å². The lowest BCUT2D eigenvalue weighted by Gasteiger charge is -2.21. The molecule has 0 amide bonds. The lowest BCUT2D eigenvalue weighted by Crippen LogP contribution is -2.31. The van der Waals surface area contributed by atoms with Gasteiger partial charge >= 0.3 is 0 Å². The van der Waals surface area contributed by atoms with Crippen molar-refractivity contribution in [2.24, 2.45) is 0 Å². The van der Waals surface area contributed by atoms with Crippen molar-refractivity contribution in [2.75, 3.05) is 27.2 Å². The van der Waals surface area contributed by atoms with Crippen LogP contribution < -0.4 is 5.56 Å². The molecule has 0 saturated heterocycles. The summed E-state index contributed by atoms with van der Waals surface area (Å²) in [5.41, 5.74) is 4.30. The number of fused-ring (bicyclic) bond motifs is 1. The van der Waals surface area contributed by atoms with E-state index in [4.69, 9.17) is 0 Å². The van der Waals surface area contributed by atoms with Crippen LogP contribution in [0.3, 0.4) is 0 Å². The SMILES string of the molecule is Cc1cccc2c(=O)[nH]c(-c3ccc(CN(C)CCN(C)C4CC4)cc3)cc12. The molecule has 0 atom stereocenters. The number of hydrogen-bond donors (Lipinski definition) is 1. The molecular formula is C24H29N3O. The number of aryl methyl sites for hydroxylation is 1. The van der Waals surface area contributed by atoms with Gasteiger partial charge in [0.15, 0.2) is 0 Å². The maximum atomic E-state index is 12.5. The first kappa shape index (κ1) is 18.9. The highest BCUT2D eigenvalue weighted by molar-refractivity contribution is 5.87. The van der Waals surface area contributed by atoms with Gasteiger partial charge in [-0.25, -0.2) is 0 Å². The second-order valence-corrected chi connectivity index (χ2v) is 8.19. The molecule has 0 spiro atoms. The van der Waals surface area contributed by atoms with Gasteiger partial charge in [0, 0.05) is 36.8 Å². The molecule has 4 rings (SSSR count). The van der Waals surface area contributed by atoms with E-state index in [1.54, 1.807) is 0 Å². The molecule has 2 aromatic carbocycles.